The first kappa shape index (κ1) is 14.5. The van der Waals surface area contributed by atoms with Gasteiger partial charge in [0.05, 0.1) is 11.3 Å². The molecule has 2 aliphatic heterocycles. The zero-order valence-electron chi connectivity index (χ0n) is 12.9. The zero-order valence-corrected chi connectivity index (χ0v) is 12.9. The molecule has 0 aromatic heterocycles. The van der Waals surface area contributed by atoms with Gasteiger partial charge in [-0.2, -0.15) is 0 Å². The molecule has 0 saturated heterocycles. The van der Waals surface area contributed by atoms with Gasteiger partial charge in [0.1, 0.15) is 11.6 Å². The molecule has 24 heavy (non-hydrogen) atoms. The average Bonchev–Trinajstić information content (AvgIpc) is 2.94. The molecule has 3 aliphatic rings. The third-order valence-electron chi connectivity index (χ3n) is 4.38. The summed E-state index contributed by atoms with van der Waals surface area (Å²) >= 11 is 0. The van der Waals surface area contributed by atoms with E-state index in [9.17, 15) is 9.90 Å². The quantitative estimate of drug-likeness (QED) is 0.878. The van der Waals surface area contributed by atoms with Crippen molar-refractivity contribution < 1.29 is 15.0 Å². The Kier molecular flexibility index (Phi) is 3.34. The summed E-state index contributed by atoms with van der Waals surface area (Å²) in [5.41, 5.74) is 4.60. The number of hydrogen-bond acceptors (Lipinski definition) is 4. The van der Waals surface area contributed by atoms with Gasteiger partial charge in [-0.05, 0) is 59.9 Å². The number of hydrogen-bond donors (Lipinski definition) is 2. The highest BCUT2D eigenvalue weighted by molar-refractivity contribution is 6.02. The van der Waals surface area contributed by atoms with Crippen LogP contribution in [0.4, 0.5) is 0 Å². The van der Waals surface area contributed by atoms with E-state index in [4.69, 9.17) is 10.1 Å². The van der Waals surface area contributed by atoms with Gasteiger partial charge < -0.3 is 15.1 Å². The fourth-order valence-corrected chi connectivity index (χ4v) is 3.22. The van der Waals surface area contributed by atoms with E-state index in [1.54, 1.807) is 30.5 Å². The predicted octanol–water partition coefficient (Wildman–Crippen LogP) is 3.08. The van der Waals surface area contributed by atoms with E-state index in [2.05, 4.69) is 6.08 Å². The first-order chi connectivity index (χ1) is 11.6. The fourth-order valence-electron chi connectivity index (χ4n) is 3.22. The average molecular weight is 320 g/mol. The number of aromatic hydroxyl groups is 1. The molecule has 0 atom stereocenters. The lowest BCUT2D eigenvalue weighted by atomic mass is 10.1. The third-order valence-corrected chi connectivity index (χ3v) is 4.38. The lowest BCUT2D eigenvalue weighted by Crippen LogP contribution is -2.32. The van der Waals surface area contributed by atoms with Crippen molar-refractivity contribution in [2.45, 2.75) is 12.8 Å². The summed E-state index contributed by atoms with van der Waals surface area (Å²) in [5.74, 6) is 0.0858. The van der Waals surface area contributed by atoms with Crippen molar-refractivity contribution in [1.29, 1.82) is 0 Å². The van der Waals surface area contributed by atoms with Crippen LogP contribution in [0.5, 0.6) is 5.75 Å². The SMILES string of the molecule is O=C(O)C1=CN2CC3=C(N=C2C=C1)C(=Cc1cccc(O)c1)CC3. The second-order valence-electron chi connectivity index (χ2n) is 6.04. The maximum Gasteiger partial charge on any atom is 0.337 e. The van der Waals surface area contributed by atoms with Gasteiger partial charge in [0, 0.05) is 12.7 Å². The molecule has 1 aliphatic carbocycles. The molecular formula is C19H16N2O3. The van der Waals surface area contributed by atoms with E-state index < -0.39 is 5.97 Å². The highest BCUT2D eigenvalue weighted by Crippen LogP contribution is 2.37. The number of fused-ring (bicyclic) bond motifs is 1. The molecular weight excluding hydrogens is 304 g/mol. The summed E-state index contributed by atoms with van der Waals surface area (Å²) in [6.45, 7) is 0.673. The van der Waals surface area contributed by atoms with Crippen LogP contribution in [0.15, 0.2) is 70.0 Å². The maximum absolute atomic E-state index is 11.1. The minimum Gasteiger partial charge on any atom is -0.508 e. The van der Waals surface area contributed by atoms with Crippen molar-refractivity contribution >= 4 is 17.9 Å². The fraction of sp³-hybridized carbons (Fsp3) is 0.158. The molecule has 0 spiro atoms. The first-order valence-corrected chi connectivity index (χ1v) is 7.81. The third kappa shape index (κ3) is 2.54. The van der Waals surface area contributed by atoms with Gasteiger partial charge in [-0.3, -0.25) is 0 Å². The minimum atomic E-state index is -0.930. The molecule has 120 valence electrons. The predicted molar refractivity (Wildman–Crippen MR) is 91.3 cm³/mol. The Labute approximate surface area is 139 Å². The second kappa shape index (κ2) is 5.53. The van der Waals surface area contributed by atoms with Crippen LogP contribution in [-0.4, -0.2) is 33.5 Å². The Bertz CT molecular complexity index is 888. The van der Waals surface area contributed by atoms with E-state index in [1.807, 2.05) is 17.0 Å². The molecule has 5 heteroatoms. The monoisotopic (exact) mass is 320 g/mol. The summed E-state index contributed by atoms with van der Waals surface area (Å²) < 4.78 is 0. The van der Waals surface area contributed by atoms with Gasteiger partial charge >= 0.3 is 5.97 Å². The largest absolute Gasteiger partial charge is 0.508 e. The Morgan fingerprint density at radius 1 is 1.25 bits per heavy atom. The van der Waals surface area contributed by atoms with Crippen LogP contribution in [0, 0.1) is 0 Å². The van der Waals surface area contributed by atoms with E-state index in [0.29, 0.717) is 6.54 Å². The molecule has 4 rings (SSSR count). The van der Waals surface area contributed by atoms with Gasteiger partial charge in [-0.15, -0.1) is 0 Å². The van der Waals surface area contributed by atoms with Crippen molar-refractivity contribution in [2.75, 3.05) is 6.54 Å². The Morgan fingerprint density at radius 3 is 2.92 bits per heavy atom. The number of aliphatic carboxylic acids is 1. The number of nitrogens with zero attached hydrogens (tertiary/aromatic N) is 2. The van der Waals surface area contributed by atoms with Gasteiger partial charge in [-0.25, -0.2) is 9.79 Å². The van der Waals surface area contributed by atoms with Crippen LogP contribution in [0.1, 0.15) is 18.4 Å². The molecule has 1 aromatic carbocycles. The summed E-state index contributed by atoms with van der Waals surface area (Å²) in [6, 6.07) is 7.16. The lowest BCUT2D eigenvalue weighted by molar-refractivity contribution is -0.132. The van der Waals surface area contributed by atoms with E-state index in [1.165, 1.54) is 5.57 Å². The van der Waals surface area contributed by atoms with Crippen LogP contribution in [0.3, 0.4) is 0 Å². The van der Waals surface area contributed by atoms with Crippen LogP contribution < -0.4 is 0 Å². The second-order valence-corrected chi connectivity index (χ2v) is 6.04. The number of aliphatic imine (C=N–C) groups is 1. The number of rotatable bonds is 2. The number of carboxylic acids is 1. The normalized spacial score (nSPS) is 20.7. The van der Waals surface area contributed by atoms with Crippen LogP contribution in [0.25, 0.3) is 6.08 Å². The number of carboxylic acid groups (broad SMARTS) is 1. The zero-order chi connectivity index (χ0) is 16.7. The van der Waals surface area contributed by atoms with Crippen LogP contribution in [-0.2, 0) is 4.79 Å². The molecule has 2 heterocycles. The molecule has 2 N–H and O–H groups in total. The maximum atomic E-state index is 11.1. The highest BCUT2D eigenvalue weighted by Gasteiger charge is 2.28. The van der Waals surface area contributed by atoms with E-state index >= 15 is 0 Å². The molecule has 0 fully saturated rings. The van der Waals surface area contributed by atoms with Gasteiger partial charge in [-0.1, -0.05) is 12.1 Å². The Balaban J connectivity index is 1.66. The van der Waals surface area contributed by atoms with Gasteiger partial charge in [0.2, 0.25) is 0 Å². The summed E-state index contributed by atoms with van der Waals surface area (Å²) in [6.07, 6.45) is 8.86. The molecule has 0 bridgehead atoms. The smallest absolute Gasteiger partial charge is 0.337 e. The first-order valence-electron chi connectivity index (χ1n) is 7.81. The van der Waals surface area contributed by atoms with Gasteiger partial charge in [0.15, 0.2) is 0 Å². The molecule has 0 unspecified atom stereocenters. The van der Waals surface area contributed by atoms with Gasteiger partial charge in [0.25, 0.3) is 0 Å². The van der Waals surface area contributed by atoms with Crippen LogP contribution in [0.2, 0.25) is 0 Å². The van der Waals surface area contributed by atoms with Crippen molar-refractivity contribution in [2.24, 2.45) is 4.99 Å². The molecule has 5 nitrogen and oxygen atoms in total. The standard InChI is InChI=1S/C19H16N2O3/c22-16-3-1-2-12(9-16)8-13-4-5-14-10-21-11-15(19(23)24)6-7-17(21)20-18(13)14/h1-3,6-9,11,22H,4-5,10H2,(H,23,24). The highest BCUT2D eigenvalue weighted by atomic mass is 16.4. The number of amidine groups is 1. The lowest BCUT2D eigenvalue weighted by Gasteiger charge is -2.28. The number of allylic oxidation sites excluding steroid dienone is 1. The van der Waals surface area contributed by atoms with Crippen molar-refractivity contribution in [3.05, 3.63) is 70.6 Å². The van der Waals surface area contributed by atoms with E-state index in [-0.39, 0.29) is 11.3 Å². The molecule has 1 aromatic rings. The Morgan fingerprint density at radius 2 is 2.12 bits per heavy atom. The molecule has 0 amide bonds. The van der Waals surface area contributed by atoms with E-state index in [0.717, 1.165) is 35.5 Å². The van der Waals surface area contributed by atoms with Crippen LogP contribution >= 0.6 is 0 Å². The molecule has 0 radical (unpaired) electrons. The number of phenols is 1. The summed E-state index contributed by atoms with van der Waals surface area (Å²) in [5, 5.41) is 18.7. The summed E-state index contributed by atoms with van der Waals surface area (Å²) in [7, 11) is 0. The number of benzene rings is 1. The Hall–Kier alpha value is -3.08. The number of phenolic OH excluding ortho intramolecular Hbond substituents is 1. The minimum absolute atomic E-state index is 0.249. The van der Waals surface area contributed by atoms with Crippen molar-refractivity contribution in [3.8, 4) is 5.75 Å². The van der Waals surface area contributed by atoms with Crippen molar-refractivity contribution in [3.63, 3.8) is 0 Å². The number of carbonyl (C=O) groups is 1. The topological polar surface area (TPSA) is 73.1 Å². The molecule has 0 saturated carbocycles. The summed E-state index contributed by atoms with van der Waals surface area (Å²) in [4.78, 5) is 17.7. The van der Waals surface area contributed by atoms with Crippen molar-refractivity contribution in [1.82, 2.24) is 4.90 Å².